The Morgan fingerprint density at radius 1 is 0.643 bits per heavy atom. The van der Waals surface area contributed by atoms with E-state index in [4.69, 9.17) is 0 Å². The summed E-state index contributed by atoms with van der Waals surface area (Å²) in [5.41, 5.74) is 0. The first-order chi connectivity index (χ1) is 6.93. The molecule has 1 aliphatic carbocycles. The largest absolute Gasteiger partial charge is 0.0651 e. The van der Waals surface area contributed by atoms with Gasteiger partial charge in [-0.1, -0.05) is 84.0 Å². The summed E-state index contributed by atoms with van der Waals surface area (Å²) in [6.45, 7) is 2.37. The first-order valence-corrected chi connectivity index (χ1v) is 6.93. The van der Waals surface area contributed by atoms with E-state index in [0.29, 0.717) is 0 Å². The quantitative estimate of drug-likeness (QED) is 0.532. The predicted molar refractivity (Wildman–Crippen MR) is 64.6 cm³/mol. The Balaban J connectivity index is 2.17. The fourth-order valence-electron chi connectivity index (χ4n) is 2.66. The summed E-state index contributed by atoms with van der Waals surface area (Å²) in [5, 5.41) is 0. The van der Waals surface area contributed by atoms with Gasteiger partial charge in [0.05, 0.1) is 0 Å². The van der Waals surface area contributed by atoms with Crippen LogP contribution in [0.5, 0.6) is 0 Å². The maximum absolute atomic E-state index is 2.37. The molecule has 0 nitrogen and oxygen atoms in total. The minimum atomic E-state index is 1.05. The van der Waals surface area contributed by atoms with Gasteiger partial charge in [0.2, 0.25) is 0 Å². The van der Waals surface area contributed by atoms with Crippen molar-refractivity contribution in [2.45, 2.75) is 84.0 Å². The standard InChI is InChI=1S/C14H28/c1-2-14-12-10-8-6-4-3-5-7-9-11-13-14/h14H,2-13H2,1H3. The second-order valence-electron chi connectivity index (χ2n) is 5.03. The zero-order chi connectivity index (χ0) is 10.1. The molecule has 0 heteroatoms. The number of hydrogen-bond donors (Lipinski definition) is 0. The van der Waals surface area contributed by atoms with E-state index < -0.39 is 0 Å². The molecule has 0 atom stereocenters. The van der Waals surface area contributed by atoms with Gasteiger partial charge in [0, 0.05) is 0 Å². The van der Waals surface area contributed by atoms with Crippen LogP contribution in [-0.2, 0) is 0 Å². The molecular formula is C14H28. The van der Waals surface area contributed by atoms with Crippen LogP contribution in [0.25, 0.3) is 0 Å². The highest BCUT2D eigenvalue weighted by Crippen LogP contribution is 2.22. The van der Waals surface area contributed by atoms with Gasteiger partial charge in [-0.05, 0) is 5.92 Å². The second-order valence-corrected chi connectivity index (χ2v) is 5.03. The molecule has 1 saturated carbocycles. The van der Waals surface area contributed by atoms with Gasteiger partial charge in [-0.25, -0.2) is 0 Å². The number of rotatable bonds is 1. The minimum absolute atomic E-state index is 1.05. The summed E-state index contributed by atoms with van der Waals surface area (Å²) >= 11 is 0. The first kappa shape index (κ1) is 12.1. The van der Waals surface area contributed by atoms with E-state index in [0.717, 1.165) is 5.92 Å². The van der Waals surface area contributed by atoms with Crippen LogP contribution in [0.3, 0.4) is 0 Å². The Labute approximate surface area is 90.5 Å². The average Bonchev–Trinajstić information content (AvgIpc) is 2.19. The Bertz CT molecular complexity index is 105. The molecule has 0 spiro atoms. The van der Waals surface area contributed by atoms with Crippen molar-refractivity contribution in [1.82, 2.24) is 0 Å². The SMILES string of the molecule is CCC1CCCCCCCCCCC1. The van der Waals surface area contributed by atoms with E-state index in [-0.39, 0.29) is 0 Å². The molecular weight excluding hydrogens is 168 g/mol. The maximum atomic E-state index is 2.37. The van der Waals surface area contributed by atoms with Crippen LogP contribution in [-0.4, -0.2) is 0 Å². The smallest absolute Gasteiger partial charge is 0.0417 e. The molecule has 0 N–H and O–H groups in total. The van der Waals surface area contributed by atoms with Crippen molar-refractivity contribution in [1.29, 1.82) is 0 Å². The van der Waals surface area contributed by atoms with Crippen LogP contribution >= 0.6 is 0 Å². The molecule has 14 heavy (non-hydrogen) atoms. The summed E-state index contributed by atoms with van der Waals surface area (Å²) in [5.74, 6) is 1.05. The highest BCUT2D eigenvalue weighted by molar-refractivity contribution is 4.60. The minimum Gasteiger partial charge on any atom is -0.0651 e. The summed E-state index contributed by atoms with van der Waals surface area (Å²) in [4.78, 5) is 0. The summed E-state index contributed by atoms with van der Waals surface area (Å²) in [6.07, 6.45) is 17.9. The lowest BCUT2D eigenvalue weighted by Gasteiger charge is -2.15. The molecule has 0 saturated heterocycles. The third kappa shape index (κ3) is 5.67. The van der Waals surface area contributed by atoms with Crippen molar-refractivity contribution in [2.75, 3.05) is 0 Å². The van der Waals surface area contributed by atoms with Crippen molar-refractivity contribution in [2.24, 2.45) is 5.92 Å². The highest BCUT2D eigenvalue weighted by Gasteiger charge is 2.06. The van der Waals surface area contributed by atoms with E-state index in [9.17, 15) is 0 Å². The zero-order valence-corrected chi connectivity index (χ0v) is 10.1. The molecule has 0 aromatic carbocycles. The van der Waals surface area contributed by atoms with Crippen molar-refractivity contribution in [3.63, 3.8) is 0 Å². The molecule has 0 radical (unpaired) electrons. The molecule has 1 fully saturated rings. The van der Waals surface area contributed by atoms with Gasteiger partial charge in [0.25, 0.3) is 0 Å². The van der Waals surface area contributed by atoms with Gasteiger partial charge in [-0.3, -0.25) is 0 Å². The number of hydrogen-bond acceptors (Lipinski definition) is 0. The van der Waals surface area contributed by atoms with Crippen LogP contribution in [0.2, 0.25) is 0 Å². The molecule has 0 heterocycles. The van der Waals surface area contributed by atoms with Gasteiger partial charge in [-0.2, -0.15) is 0 Å². The Kier molecular flexibility index (Phi) is 7.17. The van der Waals surface area contributed by atoms with E-state index >= 15 is 0 Å². The van der Waals surface area contributed by atoms with Gasteiger partial charge in [0.15, 0.2) is 0 Å². The van der Waals surface area contributed by atoms with Gasteiger partial charge in [-0.15, -0.1) is 0 Å². The predicted octanol–water partition coefficient (Wildman–Crippen LogP) is 5.32. The van der Waals surface area contributed by atoms with Crippen LogP contribution in [0.1, 0.15) is 84.0 Å². The van der Waals surface area contributed by atoms with Crippen molar-refractivity contribution >= 4 is 0 Å². The summed E-state index contributed by atoms with van der Waals surface area (Å²) in [7, 11) is 0. The lowest BCUT2D eigenvalue weighted by Crippen LogP contribution is -1.99. The fourth-order valence-corrected chi connectivity index (χ4v) is 2.66. The van der Waals surface area contributed by atoms with E-state index in [1.807, 2.05) is 0 Å². The summed E-state index contributed by atoms with van der Waals surface area (Å²) in [6, 6.07) is 0. The molecule has 0 amide bonds. The Morgan fingerprint density at radius 3 is 1.36 bits per heavy atom. The molecule has 0 aromatic heterocycles. The lowest BCUT2D eigenvalue weighted by atomic mass is 9.91. The molecule has 0 aliphatic heterocycles. The molecule has 1 rings (SSSR count). The molecule has 1 aliphatic rings. The molecule has 0 bridgehead atoms. The van der Waals surface area contributed by atoms with Gasteiger partial charge in [0.1, 0.15) is 0 Å². The average molecular weight is 196 g/mol. The van der Waals surface area contributed by atoms with Gasteiger partial charge >= 0.3 is 0 Å². The monoisotopic (exact) mass is 196 g/mol. The van der Waals surface area contributed by atoms with Crippen LogP contribution in [0.4, 0.5) is 0 Å². The molecule has 0 unspecified atom stereocenters. The Morgan fingerprint density at radius 2 is 1.00 bits per heavy atom. The van der Waals surface area contributed by atoms with E-state index in [1.54, 1.807) is 0 Å². The maximum Gasteiger partial charge on any atom is -0.0417 e. The second kappa shape index (κ2) is 8.32. The van der Waals surface area contributed by atoms with Crippen LogP contribution in [0, 0.1) is 5.92 Å². The topological polar surface area (TPSA) is 0 Å². The summed E-state index contributed by atoms with van der Waals surface area (Å²) < 4.78 is 0. The van der Waals surface area contributed by atoms with Crippen LogP contribution < -0.4 is 0 Å². The molecule has 0 aromatic rings. The first-order valence-electron chi connectivity index (χ1n) is 6.93. The zero-order valence-electron chi connectivity index (χ0n) is 10.1. The molecule has 84 valence electrons. The highest BCUT2D eigenvalue weighted by atomic mass is 14.1. The third-order valence-corrected chi connectivity index (χ3v) is 3.80. The third-order valence-electron chi connectivity index (χ3n) is 3.80. The Hall–Kier alpha value is 0. The van der Waals surface area contributed by atoms with Crippen LogP contribution in [0.15, 0.2) is 0 Å². The van der Waals surface area contributed by atoms with E-state index in [1.165, 1.54) is 77.0 Å². The fraction of sp³-hybridized carbons (Fsp3) is 1.00. The van der Waals surface area contributed by atoms with Crippen molar-refractivity contribution in [3.05, 3.63) is 0 Å². The van der Waals surface area contributed by atoms with E-state index in [2.05, 4.69) is 6.92 Å². The normalized spacial score (nSPS) is 23.8. The van der Waals surface area contributed by atoms with Crippen molar-refractivity contribution < 1.29 is 0 Å². The lowest BCUT2D eigenvalue weighted by molar-refractivity contribution is 0.385. The van der Waals surface area contributed by atoms with Crippen molar-refractivity contribution in [3.8, 4) is 0 Å². The van der Waals surface area contributed by atoms with Gasteiger partial charge < -0.3 is 0 Å².